The lowest BCUT2D eigenvalue weighted by Crippen LogP contribution is -2.21. The van der Waals surface area contributed by atoms with E-state index in [-0.39, 0.29) is 11.9 Å². The zero-order valence-electron chi connectivity index (χ0n) is 11.9. The van der Waals surface area contributed by atoms with Gasteiger partial charge in [0.05, 0.1) is 5.69 Å². The fourth-order valence-corrected chi connectivity index (χ4v) is 2.47. The summed E-state index contributed by atoms with van der Waals surface area (Å²) >= 11 is 6.12. The van der Waals surface area contributed by atoms with Crippen molar-refractivity contribution in [2.45, 2.75) is 32.4 Å². The Morgan fingerprint density at radius 2 is 2.10 bits per heavy atom. The predicted molar refractivity (Wildman–Crippen MR) is 79.5 cm³/mol. The first-order valence-electron chi connectivity index (χ1n) is 6.68. The van der Waals surface area contributed by atoms with E-state index in [4.69, 9.17) is 11.6 Å². The molecule has 1 N–H and O–H groups in total. The maximum Gasteiger partial charge on any atom is 0.129 e. The average Bonchev–Trinajstić information content (AvgIpc) is 2.86. The molecule has 5 heteroatoms. The topological polar surface area (TPSA) is 29.9 Å². The highest BCUT2D eigenvalue weighted by atomic mass is 35.5. The molecular weight excluding hydrogens is 277 g/mol. The monoisotopic (exact) mass is 295 g/mol. The molecule has 0 bridgehead atoms. The number of nitrogens with zero attached hydrogens (tertiary/aromatic N) is 2. The molecule has 1 atom stereocenters. The van der Waals surface area contributed by atoms with E-state index in [0.717, 1.165) is 5.69 Å². The maximum absolute atomic E-state index is 14.0. The van der Waals surface area contributed by atoms with Gasteiger partial charge in [0.1, 0.15) is 5.82 Å². The van der Waals surface area contributed by atoms with Gasteiger partial charge in [-0.1, -0.05) is 17.7 Å². The van der Waals surface area contributed by atoms with Crippen molar-refractivity contribution in [3.05, 3.63) is 52.6 Å². The van der Waals surface area contributed by atoms with Gasteiger partial charge < -0.3 is 5.32 Å². The van der Waals surface area contributed by atoms with Crippen LogP contribution in [0.3, 0.4) is 0 Å². The first kappa shape index (κ1) is 15.0. The Morgan fingerprint density at radius 3 is 2.65 bits per heavy atom. The quantitative estimate of drug-likeness (QED) is 0.910. The summed E-state index contributed by atoms with van der Waals surface area (Å²) < 4.78 is 15.9. The van der Waals surface area contributed by atoms with Crippen LogP contribution in [0.5, 0.6) is 0 Å². The van der Waals surface area contributed by atoms with Gasteiger partial charge in [-0.15, -0.1) is 0 Å². The van der Waals surface area contributed by atoms with E-state index in [1.54, 1.807) is 19.2 Å². The van der Waals surface area contributed by atoms with Crippen LogP contribution >= 0.6 is 11.6 Å². The molecule has 0 aliphatic rings. The van der Waals surface area contributed by atoms with E-state index in [9.17, 15) is 4.39 Å². The van der Waals surface area contributed by atoms with Gasteiger partial charge in [0.2, 0.25) is 0 Å². The summed E-state index contributed by atoms with van der Waals surface area (Å²) in [5.74, 6) is -0.292. The molecule has 0 radical (unpaired) electrons. The lowest BCUT2D eigenvalue weighted by atomic mass is 10.0. The molecule has 108 valence electrons. The molecule has 1 aromatic carbocycles. The van der Waals surface area contributed by atoms with Gasteiger partial charge in [-0.3, -0.25) is 4.68 Å². The summed E-state index contributed by atoms with van der Waals surface area (Å²) in [6.07, 6.45) is 2.53. The van der Waals surface area contributed by atoms with E-state index in [1.165, 1.54) is 6.07 Å². The van der Waals surface area contributed by atoms with Crippen molar-refractivity contribution in [1.29, 1.82) is 0 Å². The van der Waals surface area contributed by atoms with Crippen LogP contribution in [0, 0.1) is 5.82 Å². The number of likely N-dealkylation sites (N-methyl/N-ethyl adjacent to an activating group) is 1. The molecule has 2 rings (SSSR count). The van der Waals surface area contributed by atoms with Crippen molar-refractivity contribution in [2.24, 2.45) is 0 Å². The minimum Gasteiger partial charge on any atom is -0.313 e. The van der Waals surface area contributed by atoms with Gasteiger partial charge in [0.15, 0.2) is 0 Å². The Hall–Kier alpha value is -1.39. The number of hydrogen-bond acceptors (Lipinski definition) is 2. The molecular formula is C15H19ClFN3. The van der Waals surface area contributed by atoms with Crippen LogP contribution in [0.4, 0.5) is 4.39 Å². The summed E-state index contributed by atoms with van der Waals surface area (Å²) in [5.41, 5.74) is 1.41. The number of nitrogens with one attached hydrogen (secondary N) is 1. The Balaban J connectivity index is 2.24. The fourth-order valence-electron chi connectivity index (χ4n) is 2.18. The molecule has 0 saturated heterocycles. The first-order valence-corrected chi connectivity index (χ1v) is 7.06. The number of benzene rings is 1. The molecule has 3 nitrogen and oxygen atoms in total. The predicted octanol–water partition coefficient (Wildman–Crippen LogP) is 3.76. The highest BCUT2D eigenvalue weighted by Gasteiger charge is 2.19. The largest absolute Gasteiger partial charge is 0.313 e. The SMILES string of the molecule is CNC(Cc1ccn(C(C)C)n1)c1c(F)cccc1Cl. The smallest absolute Gasteiger partial charge is 0.129 e. The standard InChI is InChI=1S/C15H19ClFN3/c1-10(2)20-8-7-11(19-20)9-14(18-3)15-12(16)5-4-6-13(15)17/h4-8,10,14,18H,9H2,1-3H3. The minimum absolute atomic E-state index is 0.195. The second-order valence-electron chi connectivity index (χ2n) is 5.06. The van der Waals surface area contributed by atoms with Crippen LogP contribution in [-0.2, 0) is 6.42 Å². The second-order valence-corrected chi connectivity index (χ2v) is 5.47. The highest BCUT2D eigenvalue weighted by molar-refractivity contribution is 6.31. The van der Waals surface area contributed by atoms with Crippen molar-refractivity contribution in [1.82, 2.24) is 15.1 Å². The van der Waals surface area contributed by atoms with Crippen molar-refractivity contribution >= 4 is 11.6 Å². The van der Waals surface area contributed by atoms with Crippen molar-refractivity contribution < 1.29 is 4.39 Å². The van der Waals surface area contributed by atoms with E-state index < -0.39 is 0 Å². The summed E-state index contributed by atoms with van der Waals surface area (Å²) in [7, 11) is 1.80. The van der Waals surface area contributed by atoms with Crippen molar-refractivity contribution in [3.8, 4) is 0 Å². The first-order chi connectivity index (χ1) is 9.52. The molecule has 0 spiro atoms. The fraction of sp³-hybridized carbons (Fsp3) is 0.400. The highest BCUT2D eigenvalue weighted by Crippen LogP contribution is 2.27. The Kier molecular flexibility index (Phi) is 4.78. The van der Waals surface area contributed by atoms with Crippen LogP contribution < -0.4 is 5.32 Å². The van der Waals surface area contributed by atoms with Gasteiger partial charge in [0, 0.05) is 35.3 Å². The second kappa shape index (κ2) is 6.37. The third kappa shape index (κ3) is 3.19. The Labute approximate surface area is 123 Å². The molecule has 0 fully saturated rings. The van der Waals surface area contributed by atoms with E-state index >= 15 is 0 Å². The summed E-state index contributed by atoms with van der Waals surface area (Å²) in [6, 6.07) is 6.82. The van der Waals surface area contributed by atoms with Crippen molar-refractivity contribution in [3.63, 3.8) is 0 Å². The summed E-state index contributed by atoms with van der Waals surface area (Å²) in [4.78, 5) is 0. The zero-order valence-corrected chi connectivity index (χ0v) is 12.7. The van der Waals surface area contributed by atoms with Crippen LogP contribution in [0.2, 0.25) is 5.02 Å². The lowest BCUT2D eigenvalue weighted by Gasteiger charge is -2.17. The molecule has 0 aliphatic heterocycles. The molecule has 0 amide bonds. The van der Waals surface area contributed by atoms with Gasteiger partial charge in [-0.25, -0.2) is 4.39 Å². The molecule has 2 aromatic rings. The third-order valence-electron chi connectivity index (χ3n) is 3.30. The summed E-state index contributed by atoms with van der Waals surface area (Å²) in [6.45, 7) is 4.14. The van der Waals surface area contributed by atoms with Gasteiger partial charge in [0.25, 0.3) is 0 Å². The minimum atomic E-state index is -0.292. The average molecular weight is 296 g/mol. The van der Waals surface area contributed by atoms with Crippen LogP contribution in [-0.4, -0.2) is 16.8 Å². The number of hydrogen-bond donors (Lipinski definition) is 1. The van der Waals surface area contributed by atoms with Gasteiger partial charge in [-0.05, 0) is 39.1 Å². The van der Waals surface area contributed by atoms with Gasteiger partial charge >= 0.3 is 0 Å². The molecule has 20 heavy (non-hydrogen) atoms. The number of halogens is 2. The Morgan fingerprint density at radius 1 is 1.35 bits per heavy atom. The normalized spacial score (nSPS) is 12.9. The maximum atomic E-state index is 14.0. The van der Waals surface area contributed by atoms with Crippen LogP contribution in [0.15, 0.2) is 30.5 Å². The van der Waals surface area contributed by atoms with E-state index in [2.05, 4.69) is 24.3 Å². The van der Waals surface area contributed by atoms with Gasteiger partial charge in [-0.2, -0.15) is 5.10 Å². The molecule has 0 aliphatic carbocycles. The van der Waals surface area contributed by atoms with Crippen LogP contribution in [0.25, 0.3) is 0 Å². The van der Waals surface area contributed by atoms with Crippen LogP contribution in [0.1, 0.15) is 37.2 Å². The van der Waals surface area contributed by atoms with E-state index in [0.29, 0.717) is 23.0 Å². The van der Waals surface area contributed by atoms with E-state index in [1.807, 2.05) is 16.9 Å². The molecule has 1 heterocycles. The van der Waals surface area contributed by atoms with Crippen molar-refractivity contribution in [2.75, 3.05) is 7.05 Å². The number of rotatable bonds is 5. The molecule has 1 aromatic heterocycles. The molecule has 0 saturated carbocycles. The molecule has 1 unspecified atom stereocenters. The Bertz CT molecular complexity index is 560. The number of aromatic nitrogens is 2. The third-order valence-corrected chi connectivity index (χ3v) is 3.63. The zero-order chi connectivity index (χ0) is 14.7. The lowest BCUT2D eigenvalue weighted by molar-refractivity contribution is 0.504. The summed E-state index contributed by atoms with van der Waals surface area (Å²) in [5, 5.41) is 8.04.